The van der Waals surface area contributed by atoms with Crippen molar-refractivity contribution in [3.05, 3.63) is 0 Å². The summed E-state index contributed by atoms with van der Waals surface area (Å²) < 4.78 is 0.294. The third-order valence-corrected chi connectivity index (χ3v) is 5.42. The third kappa shape index (κ3) is 0.930. The van der Waals surface area contributed by atoms with E-state index in [0.29, 0.717) is 3.92 Å². The van der Waals surface area contributed by atoms with Crippen molar-refractivity contribution in [2.45, 2.75) is 42.3 Å². The lowest BCUT2D eigenvalue weighted by Gasteiger charge is -2.50. The third-order valence-electron chi connectivity index (χ3n) is 3.72. The van der Waals surface area contributed by atoms with Crippen LogP contribution in [0.3, 0.4) is 0 Å². The fourth-order valence-electron chi connectivity index (χ4n) is 3.14. The van der Waals surface area contributed by atoms with Crippen LogP contribution in [-0.2, 0) is 0 Å². The first-order chi connectivity index (χ1) is 5.38. The van der Waals surface area contributed by atoms with Crippen molar-refractivity contribution < 1.29 is 10.2 Å². The Morgan fingerprint density at radius 3 is 2.25 bits per heavy atom. The molecule has 0 radical (unpaired) electrons. The van der Waals surface area contributed by atoms with Gasteiger partial charge in [0.25, 0.3) is 0 Å². The molecule has 0 aliphatic heterocycles. The Balaban J connectivity index is 2.29. The summed E-state index contributed by atoms with van der Waals surface area (Å²) in [6.45, 7) is 4.04. The van der Waals surface area contributed by atoms with E-state index in [-0.39, 0.29) is 17.4 Å². The monoisotopic (exact) mass is 282 g/mol. The van der Waals surface area contributed by atoms with Gasteiger partial charge in [0.1, 0.15) is 0 Å². The standard InChI is InChI=1S/C9H15IO2/c1-8-3-5(11)7(8)9(2,12)6(10)4-8/h5-7,11-12H,3-4H2,1-2H3. The maximum Gasteiger partial charge on any atom is 0.0794 e. The summed E-state index contributed by atoms with van der Waals surface area (Å²) >= 11 is 2.30. The van der Waals surface area contributed by atoms with E-state index in [1.807, 2.05) is 6.92 Å². The second-order valence-electron chi connectivity index (χ2n) is 4.80. The van der Waals surface area contributed by atoms with Crippen LogP contribution in [0, 0.1) is 11.3 Å². The average molecular weight is 282 g/mol. The Morgan fingerprint density at radius 1 is 1.33 bits per heavy atom. The maximum atomic E-state index is 10.1. The zero-order valence-corrected chi connectivity index (χ0v) is 9.58. The minimum absolute atomic E-state index is 0.104. The normalized spacial score (nSPS) is 64.2. The summed E-state index contributed by atoms with van der Waals surface area (Å²) in [5.41, 5.74) is -0.457. The van der Waals surface area contributed by atoms with Crippen molar-refractivity contribution in [2.75, 3.05) is 0 Å². The van der Waals surface area contributed by atoms with Crippen LogP contribution >= 0.6 is 22.6 Å². The molecule has 2 saturated carbocycles. The molecule has 2 aliphatic carbocycles. The van der Waals surface area contributed by atoms with E-state index in [1.165, 1.54) is 0 Å². The smallest absolute Gasteiger partial charge is 0.0794 e. The second kappa shape index (κ2) is 2.36. The molecule has 0 saturated heterocycles. The molecule has 0 spiro atoms. The van der Waals surface area contributed by atoms with Gasteiger partial charge in [-0.05, 0) is 25.2 Å². The molecule has 0 aromatic rings. The maximum absolute atomic E-state index is 10.1. The van der Waals surface area contributed by atoms with E-state index < -0.39 is 5.60 Å². The van der Waals surface area contributed by atoms with Crippen LogP contribution in [0.15, 0.2) is 0 Å². The average Bonchev–Trinajstić information content (AvgIpc) is 1.95. The van der Waals surface area contributed by atoms with Gasteiger partial charge in [-0.3, -0.25) is 0 Å². The van der Waals surface area contributed by atoms with E-state index in [0.717, 1.165) is 12.8 Å². The van der Waals surface area contributed by atoms with Crippen molar-refractivity contribution >= 4 is 22.6 Å². The van der Waals surface area contributed by atoms with Crippen molar-refractivity contribution in [1.29, 1.82) is 0 Å². The number of aliphatic hydroxyl groups is 2. The summed E-state index contributed by atoms with van der Waals surface area (Å²) in [5.74, 6) is 0.104. The quantitative estimate of drug-likeness (QED) is 0.520. The Bertz CT molecular complexity index is 217. The topological polar surface area (TPSA) is 40.5 Å². The molecular weight excluding hydrogens is 267 g/mol. The first-order valence-corrected chi connectivity index (χ1v) is 5.67. The highest BCUT2D eigenvalue weighted by Crippen LogP contribution is 2.62. The highest BCUT2D eigenvalue weighted by molar-refractivity contribution is 14.1. The van der Waals surface area contributed by atoms with Gasteiger partial charge in [-0.25, -0.2) is 0 Å². The van der Waals surface area contributed by atoms with Crippen molar-refractivity contribution in [3.8, 4) is 0 Å². The Labute approximate surface area is 86.5 Å². The lowest BCUT2D eigenvalue weighted by Crippen LogP contribution is -2.55. The summed E-state index contributed by atoms with van der Waals surface area (Å²) in [6.07, 6.45) is 1.64. The molecule has 0 heterocycles. The predicted molar refractivity (Wildman–Crippen MR) is 55.3 cm³/mol. The molecule has 5 atom stereocenters. The largest absolute Gasteiger partial charge is 0.393 e. The molecule has 12 heavy (non-hydrogen) atoms. The molecule has 0 aromatic heterocycles. The zero-order valence-electron chi connectivity index (χ0n) is 7.42. The number of hydrogen-bond donors (Lipinski definition) is 2. The Morgan fingerprint density at radius 2 is 1.92 bits per heavy atom. The van der Waals surface area contributed by atoms with Gasteiger partial charge in [0.2, 0.25) is 0 Å². The summed E-state index contributed by atoms with van der Waals surface area (Å²) in [5, 5.41) is 19.7. The van der Waals surface area contributed by atoms with Crippen LogP contribution in [0.4, 0.5) is 0 Å². The summed E-state index contributed by atoms with van der Waals surface area (Å²) in [7, 11) is 0. The van der Waals surface area contributed by atoms with Gasteiger partial charge in [0.05, 0.1) is 11.7 Å². The molecule has 2 N–H and O–H groups in total. The number of fused-ring (bicyclic) bond motifs is 1. The number of alkyl halides is 1. The number of aliphatic hydroxyl groups excluding tert-OH is 1. The minimum Gasteiger partial charge on any atom is -0.393 e. The van der Waals surface area contributed by atoms with Gasteiger partial charge >= 0.3 is 0 Å². The van der Waals surface area contributed by atoms with Crippen LogP contribution in [0.5, 0.6) is 0 Å². The lowest BCUT2D eigenvalue weighted by atomic mass is 9.58. The molecule has 0 amide bonds. The van der Waals surface area contributed by atoms with Crippen LogP contribution < -0.4 is 0 Å². The van der Waals surface area contributed by atoms with Gasteiger partial charge in [-0.15, -0.1) is 0 Å². The van der Waals surface area contributed by atoms with Crippen LogP contribution in [0.1, 0.15) is 26.7 Å². The molecular formula is C9H15IO2. The number of rotatable bonds is 0. The van der Waals surface area contributed by atoms with Crippen LogP contribution in [-0.4, -0.2) is 25.8 Å². The van der Waals surface area contributed by atoms with Gasteiger partial charge in [-0.2, -0.15) is 0 Å². The number of halogens is 1. The summed E-state index contributed by atoms with van der Waals surface area (Å²) in [6, 6.07) is 0. The molecule has 2 aliphatic rings. The minimum atomic E-state index is -0.660. The fraction of sp³-hybridized carbons (Fsp3) is 1.00. The zero-order chi connectivity index (χ0) is 9.15. The predicted octanol–water partition coefficient (Wildman–Crippen LogP) is 1.33. The molecule has 70 valence electrons. The van der Waals surface area contributed by atoms with E-state index in [4.69, 9.17) is 0 Å². The van der Waals surface area contributed by atoms with Crippen molar-refractivity contribution in [2.24, 2.45) is 11.3 Å². The van der Waals surface area contributed by atoms with Crippen LogP contribution in [0.2, 0.25) is 0 Å². The first-order valence-electron chi connectivity index (χ1n) is 4.42. The van der Waals surface area contributed by atoms with Crippen molar-refractivity contribution in [1.82, 2.24) is 0 Å². The lowest BCUT2D eigenvalue weighted by molar-refractivity contribution is -0.148. The molecule has 0 bridgehead atoms. The SMILES string of the molecule is CC12CC(O)C1C(C)(O)C(I)C2. The van der Waals surface area contributed by atoms with Crippen LogP contribution in [0.25, 0.3) is 0 Å². The number of hydrogen-bond acceptors (Lipinski definition) is 2. The van der Waals surface area contributed by atoms with Gasteiger partial charge < -0.3 is 10.2 Å². The first kappa shape index (κ1) is 9.21. The highest BCUT2D eigenvalue weighted by Gasteiger charge is 2.65. The van der Waals surface area contributed by atoms with Crippen molar-refractivity contribution in [3.63, 3.8) is 0 Å². The Kier molecular flexibility index (Phi) is 1.81. The van der Waals surface area contributed by atoms with Gasteiger partial charge in [-0.1, -0.05) is 29.5 Å². The van der Waals surface area contributed by atoms with E-state index in [9.17, 15) is 10.2 Å². The molecule has 5 unspecified atom stereocenters. The van der Waals surface area contributed by atoms with Gasteiger partial charge in [0.15, 0.2) is 0 Å². The molecule has 2 fully saturated rings. The van der Waals surface area contributed by atoms with Gasteiger partial charge in [0, 0.05) is 9.84 Å². The molecule has 0 aromatic carbocycles. The van der Waals surface area contributed by atoms with E-state index in [1.54, 1.807) is 0 Å². The van der Waals surface area contributed by atoms with E-state index >= 15 is 0 Å². The fourth-order valence-corrected chi connectivity index (χ4v) is 4.54. The molecule has 2 nitrogen and oxygen atoms in total. The Hall–Kier alpha value is 0.650. The molecule has 3 heteroatoms. The van der Waals surface area contributed by atoms with E-state index in [2.05, 4.69) is 29.5 Å². The molecule has 2 rings (SSSR count). The second-order valence-corrected chi connectivity index (χ2v) is 6.30. The summed E-state index contributed by atoms with van der Waals surface area (Å²) in [4.78, 5) is 0. The highest BCUT2D eigenvalue weighted by atomic mass is 127.